The highest BCUT2D eigenvalue weighted by Gasteiger charge is 2.00. The Kier molecular flexibility index (Phi) is 5.01. The number of hydrogen-bond donors (Lipinski definition) is 1. The Morgan fingerprint density at radius 1 is 1.46 bits per heavy atom. The van der Waals surface area contributed by atoms with E-state index in [1.54, 1.807) is 11.3 Å². The van der Waals surface area contributed by atoms with Crippen LogP contribution < -0.4 is 5.32 Å². The van der Waals surface area contributed by atoms with Crippen LogP contribution in [0.2, 0.25) is 0 Å². The van der Waals surface area contributed by atoms with Gasteiger partial charge in [-0.3, -0.25) is 0 Å². The number of unbranched alkanes of at least 4 members (excludes halogenated alkanes) is 1. The standard InChI is InChI=1S/C10H18N2S/c1-3-5-6-10-12-9(8-13-10)7-11-4-2/h8,11H,3-7H2,1-2H3. The molecule has 0 saturated heterocycles. The molecule has 0 aromatic carbocycles. The van der Waals surface area contributed by atoms with Crippen LogP contribution in [-0.4, -0.2) is 11.5 Å². The van der Waals surface area contributed by atoms with E-state index >= 15 is 0 Å². The van der Waals surface area contributed by atoms with Crippen molar-refractivity contribution in [2.75, 3.05) is 6.54 Å². The Hall–Kier alpha value is -0.410. The second-order valence-electron chi connectivity index (χ2n) is 3.12. The summed E-state index contributed by atoms with van der Waals surface area (Å²) in [4.78, 5) is 4.54. The van der Waals surface area contributed by atoms with Gasteiger partial charge in [0.1, 0.15) is 0 Å². The molecule has 0 saturated carbocycles. The number of aryl methyl sites for hydroxylation is 1. The zero-order chi connectivity index (χ0) is 9.52. The second-order valence-corrected chi connectivity index (χ2v) is 4.06. The lowest BCUT2D eigenvalue weighted by Gasteiger charge is -1.95. The van der Waals surface area contributed by atoms with E-state index in [0.717, 1.165) is 19.5 Å². The largest absolute Gasteiger partial charge is 0.311 e. The molecule has 2 nitrogen and oxygen atoms in total. The molecule has 0 amide bonds. The van der Waals surface area contributed by atoms with Crippen LogP contribution in [0.5, 0.6) is 0 Å². The molecular formula is C10H18N2S. The van der Waals surface area contributed by atoms with Crippen LogP contribution in [0.4, 0.5) is 0 Å². The van der Waals surface area contributed by atoms with Crippen molar-refractivity contribution >= 4 is 11.3 Å². The zero-order valence-electron chi connectivity index (χ0n) is 8.47. The van der Waals surface area contributed by atoms with Gasteiger partial charge in [-0.2, -0.15) is 0 Å². The normalized spacial score (nSPS) is 10.6. The topological polar surface area (TPSA) is 24.9 Å². The molecule has 0 radical (unpaired) electrons. The molecule has 13 heavy (non-hydrogen) atoms. The molecule has 1 heterocycles. The minimum absolute atomic E-state index is 0.916. The van der Waals surface area contributed by atoms with Crippen molar-refractivity contribution in [1.82, 2.24) is 10.3 Å². The third kappa shape index (κ3) is 3.87. The minimum atomic E-state index is 0.916. The van der Waals surface area contributed by atoms with Gasteiger partial charge in [0.15, 0.2) is 0 Å². The fourth-order valence-electron chi connectivity index (χ4n) is 1.13. The summed E-state index contributed by atoms with van der Waals surface area (Å²) in [7, 11) is 0. The molecule has 74 valence electrons. The molecule has 0 aliphatic rings. The molecule has 0 atom stereocenters. The second kappa shape index (κ2) is 6.11. The van der Waals surface area contributed by atoms with E-state index in [2.05, 4.69) is 29.5 Å². The smallest absolute Gasteiger partial charge is 0.0928 e. The first-order chi connectivity index (χ1) is 6.36. The van der Waals surface area contributed by atoms with E-state index in [9.17, 15) is 0 Å². The van der Waals surface area contributed by atoms with Crippen molar-refractivity contribution in [3.05, 3.63) is 16.1 Å². The SMILES string of the molecule is CCCCc1nc(CNCC)cs1. The number of nitrogens with zero attached hydrogens (tertiary/aromatic N) is 1. The van der Waals surface area contributed by atoms with Gasteiger partial charge in [-0.25, -0.2) is 4.98 Å². The highest BCUT2D eigenvalue weighted by Crippen LogP contribution is 2.12. The lowest BCUT2D eigenvalue weighted by molar-refractivity contribution is 0.708. The molecule has 1 aromatic heterocycles. The van der Waals surface area contributed by atoms with Crippen molar-refractivity contribution in [2.45, 2.75) is 39.7 Å². The molecule has 1 rings (SSSR count). The van der Waals surface area contributed by atoms with Gasteiger partial charge in [0.25, 0.3) is 0 Å². The summed E-state index contributed by atoms with van der Waals surface area (Å²) in [5.41, 5.74) is 1.19. The van der Waals surface area contributed by atoms with Crippen LogP contribution in [0.1, 0.15) is 37.4 Å². The van der Waals surface area contributed by atoms with E-state index < -0.39 is 0 Å². The minimum Gasteiger partial charge on any atom is -0.311 e. The van der Waals surface area contributed by atoms with E-state index in [0.29, 0.717) is 0 Å². The van der Waals surface area contributed by atoms with Crippen LogP contribution in [0, 0.1) is 0 Å². The maximum absolute atomic E-state index is 4.54. The number of hydrogen-bond acceptors (Lipinski definition) is 3. The highest BCUT2D eigenvalue weighted by atomic mass is 32.1. The highest BCUT2D eigenvalue weighted by molar-refractivity contribution is 7.09. The van der Waals surface area contributed by atoms with E-state index in [1.807, 2.05) is 0 Å². The molecule has 0 spiro atoms. The summed E-state index contributed by atoms with van der Waals surface area (Å²) in [6.07, 6.45) is 3.66. The Bertz CT molecular complexity index is 210. The number of thiazole rings is 1. The van der Waals surface area contributed by atoms with E-state index in [-0.39, 0.29) is 0 Å². The number of nitrogens with one attached hydrogen (secondary N) is 1. The molecule has 0 aliphatic carbocycles. The Labute approximate surface area is 84.4 Å². The summed E-state index contributed by atoms with van der Waals surface area (Å²) < 4.78 is 0. The van der Waals surface area contributed by atoms with Crippen LogP contribution in [0.15, 0.2) is 5.38 Å². The van der Waals surface area contributed by atoms with Gasteiger partial charge >= 0.3 is 0 Å². The van der Waals surface area contributed by atoms with Crippen molar-refractivity contribution in [3.8, 4) is 0 Å². The van der Waals surface area contributed by atoms with Crippen molar-refractivity contribution < 1.29 is 0 Å². The van der Waals surface area contributed by atoms with Crippen molar-refractivity contribution in [1.29, 1.82) is 0 Å². The Morgan fingerprint density at radius 3 is 3.00 bits per heavy atom. The Balaban J connectivity index is 2.34. The number of rotatable bonds is 6. The summed E-state index contributed by atoms with van der Waals surface area (Å²) in [5, 5.41) is 6.73. The van der Waals surface area contributed by atoms with E-state index in [1.165, 1.54) is 23.5 Å². The summed E-state index contributed by atoms with van der Waals surface area (Å²) in [6, 6.07) is 0. The quantitative estimate of drug-likeness (QED) is 0.760. The molecule has 1 aromatic rings. The van der Waals surface area contributed by atoms with E-state index in [4.69, 9.17) is 0 Å². The van der Waals surface area contributed by atoms with Crippen LogP contribution in [0.3, 0.4) is 0 Å². The summed E-state index contributed by atoms with van der Waals surface area (Å²) in [5.74, 6) is 0. The lowest BCUT2D eigenvalue weighted by Crippen LogP contribution is -2.11. The van der Waals surface area contributed by atoms with Crippen LogP contribution >= 0.6 is 11.3 Å². The van der Waals surface area contributed by atoms with Gasteiger partial charge in [0.05, 0.1) is 10.7 Å². The third-order valence-corrected chi connectivity index (χ3v) is 2.86. The summed E-state index contributed by atoms with van der Waals surface area (Å²) in [6.45, 7) is 6.26. The molecule has 0 aliphatic heterocycles. The van der Waals surface area contributed by atoms with Crippen LogP contribution in [0.25, 0.3) is 0 Å². The van der Waals surface area contributed by atoms with Gasteiger partial charge in [-0.05, 0) is 19.4 Å². The molecule has 3 heteroatoms. The first-order valence-corrected chi connectivity index (χ1v) is 5.88. The fraction of sp³-hybridized carbons (Fsp3) is 0.700. The molecule has 0 bridgehead atoms. The monoisotopic (exact) mass is 198 g/mol. The van der Waals surface area contributed by atoms with Gasteiger partial charge in [-0.1, -0.05) is 20.3 Å². The predicted molar refractivity (Wildman–Crippen MR) is 58.1 cm³/mol. The average Bonchev–Trinajstić information content (AvgIpc) is 2.59. The average molecular weight is 198 g/mol. The molecular weight excluding hydrogens is 180 g/mol. The van der Waals surface area contributed by atoms with Gasteiger partial charge in [0, 0.05) is 11.9 Å². The fourth-order valence-corrected chi connectivity index (χ4v) is 1.97. The van der Waals surface area contributed by atoms with Crippen LogP contribution in [-0.2, 0) is 13.0 Å². The predicted octanol–water partition coefficient (Wildman–Crippen LogP) is 2.60. The summed E-state index contributed by atoms with van der Waals surface area (Å²) >= 11 is 1.79. The first-order valence-electron chi connectivity index (χ1n) is 5.00. The maximum Gasteiger partial charge on any atom is 0.0928 e. The van der Waals surface area contributed by atoms with Gasteiger partial charge in [0.2, 0.25) is 0 Å². The van der Waals surface area contributed by atoms with Gasteiger partial charge in [-0.15, -0.1) is 11.3 Å². The Morgan fingerprint density at radius 2 is 2.31 bits per heavy atom. The molecule has 0 unspecified atom stereocenters. The molecule has 1 N–H and O–H groups in total. The van der Waals surface area contributed by atoms with Crippen molar-refractivity contribution in [3.63, 3.8) is 0 Å². The molecule has 0 fully saturated rings. The number of aromatic nitrogens is 1. The third-order valence-electron chi connectivity index (χ3n) is 1.90. The maximum atomic E-state index is 4.54. The van der Waals surface area contributed by atoms with Crippen molar-refractivity contribution in [2.24, 2.45) is 0 Å². The zero-order valence-corrected chi connectivity index (χ0v) is 9.28. The van der Waals surface area contributed by atoms with Gasteiger partial charge < -0.3 is 5.32 Å². The first kappa shape index (κ1) is 10.7. The lowest BCUT2D eigenvalue weighted by atomic mass is 10.3.